The first-order valence-electron chi connectivity index (χ1n) is 3.54. The predicted molar refractivity (Wildman–Crippen MR) is 48.8 cm³/mol. The molecule has 0 aromatic carbocycles. The lowest BCUT2D eigenvalue weighted by Crippen LogP contribution is -1.84. The lowest BCUT2D eigenvalue weighted by Gasteiger charge is -1.84. The number of hydrogen-bond acceptors (Lipinski definition) is 5. The number of fused-ring (bicyclic) bond motifs is 1. The fourth-order valence-corrected chi connectivity index (χ4v) is 1.70. The molecule has 0 spiro atoms. The Morgan fingerprint density at radius 2 is 2.38 bits per heavy atom. The second kappa shape index (κ2) is 2.74. The van der Waals surface area contributed by atoms with E-state index in [1.807, 2.05) is 6.92 Å². The van der Waals surface area contributed by atoms with Crippen LogP contribution in [0, 0.1) is 17.0 Å². The first-order chi connectivity index (χ1) is 6.16. The average Bonchev–Trinajstić information content (AvgIpc) is 2.46. The molecule has 2 heterocycles. The number of thiazole rings is 1. The van der Waals surface area contributed by atoms with E-state index in [-0.39, 0.29) is 5.13 Å². The van der Waals surface area contributed by atoms with Gasteiger partial charge in [0.25, 0.3) is 0 Å². The molecule has 0 bridgehead atoms. The molecule has 0 aliphatic carbocycles. The highest BCUT2D eigenvalue weighted by Gasteiger charge is 2.15. The molecular formula is C7H5N3O2S. The first-order valence-corrected chi connectivity index (χ1v) is 4.36. The molecule has 66 valence electrons. The van der Waals surface area contributed by atoms with Crippen LogP contribution in [0.25, 0.3) is 10.3 Å². The zero-order valence-electron chi connectivity index (χ0n) is 6.72. The van der Waals surface area contributed by atoms with Crippen molar-refractivity contribution >= 4 is 26.8 Å². The molecule has 6 heteroatoms. The van der Waals surface area contributed by atoms with E-state index in [0.29, 0.717) is 10.3 Å². The molecule has 0 N–H and O–H groups in total. The van der Waals surface area contributed by atoms with Gasteiger partial charge in [0.05, 0.1) is 0 Å². The maximum Gasteiger partial charge on any atom is 0.425 e. The van der Waals surface area contributed by atoms with Crippen molar-refractivity contribution in [2.75, 3.05) is 0 Å². The third-order valence-electron chi connectivity index (χ3n) is 1.53. The Hall–Kier alpha value is -1.56. The predicted octanol–water partition coefficient (Wildman–Crippen LogP) is 1.91. The van der Waals surface area contributed by atoms with E-state index in [1.54, 1.807) is 12.3 Å². The van der Waals surface area contributed by atoms with Crippen LogP contribution in [0.15, 0.2) is 12.3 Å². The van der Waals surface area contributed by atoms with Crippen LogP contribution in [0.3, 0.4) is 0 Å². The van der Waals surface area contributed by atoms with E-state index >= 15 is 0 Å². The van der Waals surface area contributed by atoms with Gasteiger partial charge in [-0.25, -0.2) is 4.98 Å². The van der Waals surface area contributed by atoms with Gasteiger partial charge in [0.1, 0.15) is 0 Å². The topological polar surface area (TPSA) is 68.9 Å². The van der Waals surface area contributed by atoms with Crippen molar-refractivity contribution in [3.8, 4) is 0 Å². The van der Waals surface area contributed by atoms with Gasteiger partial charge in [-0.05, 0) is 39.8 Å². The number of nitro groups is 1. The number of nitrogens with zero attached hydrogens (tertiary/aromatic N) is 3. The van der Waals surface area contributed by atoms with Crippen LogP contribution in [0.4, 0.5) is 5.13 Å². The fourth-order valence-electron chi connectivity index (χ4n) is 0.990. The van der Waals surface area contributed by atoms with Crippen molar-refractivity contribution < 1.29 is 4.92 Å². The van der Waals surface area contributed by atoms with E-state index in [0.717, 1.165) is 16.9 Å². The Balaban J connectivity index is 2.68. The fraction of sp³-hybridized carbons (Fsp3) is 0.143. The Morgan fingerprint density at radius 3 is 3.08 bits per heavy atom. The molecule has 0 radical (unpaired) electrons. The van der Waals surface area contributed by atoms with Crippen LogP contribution in [0.5, 0.6) is 0 Å². The molecule has 0 amide bonds. The third-order valence-corrected chi connectivity index (χ3v) is 2.46. The molecule has 0 fully saturated rings. The standard InChI is InChI=1S/C7H5N3O2S/c1-4-2-5-6(8-3-4)13-7(9-5)10(11)12/h2-3H,1H3. The van der Waals surface area contributed by atoms with Crippen LogP contribution in [-0.4, -0.2) is 14.9 Å². The van der Waals surface area contributed by atoms with Gasteiger partial charge in [-0.3, -0.25) is 0 Å². The minimum atomic E-state index is -0.498. The summed E-state index contributed by atoms with van der Waals surface area (Å²) in [5.74, 6) is 0. The molecule has 0 saturated carbocycles. The first kappa shape index (κ1) is 8.06. The Bertz CT molecular complexity index is 480. The lowest BCUT2D eigenvalue weighted by molar-refractivity contribution is -0.384. The van der Waals surface area contributed by atoms with Crippen LogP contribution >= 0.6 is 11.3 Å². The van der Waals surface area contributed by atoms with Crippen molar-refractivity contribution in [1.29, 1.82) is 0 Å². The van der Waals surface area contributed by atoms with E-state index in [2.05, 4.69) is 9.97 Å². The minimum Gasteiger partial charge on any atom is -0.357 e. The molecule has 2 rings (SSSR count). The molecule has 0 unspecified atom stereocenters. The molecule has 2 aromatic rings. The second-order valence-corrected chi connectivity index (χ2v) is 3.55. The summed E-state index contributed by atoms with van der Waals surface area (Å²) in [5.41, 5.74) is 1.55. The summed E-state index contributed by atoms with van der Waals surface area (Å²) in [5, 5.41) is 10.3. The molecule has 13 heavy (non-hydrogen) atoms. The normalized spacial score (nSPS) is 10.5. The van der Waals surface area contributed by atoms with Crippen molar-refractivity contribution in [2.24, 2.45) is 0 Å². The summed E-state index contributed by atoms with van der Waals surface area (Å²) in [4.78, 5) is 18.4. The summed E-state index contributed by atoms with van der Waals surface area (Å²) in [6.45, 7) is 1.87. The molecule has 0 atom stereocenters. The quantitative estimate of drug-likeness (QED) is 0.514. The van der Waals surface area contributed by atoms with Crippen LogP contribution < -0.4 is 0 Å². The van der Waals surface area contributed by atoms with Gasteiger partial charge >= 0.3 is 5.13 Å². The number of rotatable bonds is 1. The van der Waals surface area contributed by atoms with Gasteiger partial charge in [-0.2, -0.15) is 0 Å². The van der Waals surface area contributed by atoms with Crippen molar-refractivity contribution in [2.45, 2.75) is 6.92 Å². The van der Waals surface area contributed by atoms with Gasteiger partial charge in [0.15, 0.2) is 4.83 Å². The Morgan fingerprint density at radius 1 is 1.62 bits per heavy atom. The molecule has 2 aromatic heterocycles. The largest absolute Gasteiger partial charge is 0.425 e. The van der Waals surface area contributed by atoms with Gasteiger partial charge in [0, 0.05) is 6.20 Å². The second-order valence-electron chi connectivity index (χ2n) is 2.59. The average molecular weight is 195 g/mol. The van der Waals surface area contributed by atoms with E-state index in [4.69, 9.17) is 0 Å². The lowest BCUT2D eigenvalue weighted by atomic mass is 10.3. The summed E-state index contributed by atoms with van der Waals surface area (Å²) >= 11 is 0.993. The highest BCUT2D eigenvalue weighted by atomic mass is 32.1. The highest BCUT2D eigenvalue weighted by molar-refractivity contribution is 7.21. The van der Waals surface area contributed by atoms with E-state index in [1.165, 1.54) is 0 Å². The summed E-state index contributed by atoms with van der Waals surface area (Å²) in [7, 11) is 0. The maximum atomic E-state index is 10.4. The summed E-state index contributed by atoms with van der Waals surface area (Å²) in [6.07, 6.45) is 1.67. The smallest absolute Gasteiger partial charge is 0.357 e. The summed E-state index contributed by atoms with van der Waals surface area (Å²) < 4.78 is 0. The van der Waals surface area contributed by atoms with E-state index in [9.17, 15) is 10.1 Å². The zero-order valence-corrected chi connectivity index (χ0v) is 7.54. The maximum absolute atomic E-state index is 10.4. The monoisotopic (exact) mass is 195 g/mol. The van der Waals surface area contributed by atoms with Crippen LogP contribution in [-0.2, 0) is 0 Å². The molecule has 0 aliphatic heterocycles. The molecule has 0 saturated heterocycles. The Labute approximate surface area is 77.2 Å². The van der Waals surface area contributed by atoms with Crippen LogP contribution in [0.1, 0.15) is 5.56 Å². The Kier molecular flexibility index (Phi) is 1.70. The number of pyridine rings is 1. The third kappa shape index (κ3) is 1.35. The van der Waals surface area contributed by atoms with Crippen molar-refractivity contribution in [1.82, 2.24) is 9.97 Å². The van der Waals surface area contributed by atoms with Crippen molar-refractivity contribution in [3.63, 3.8) is 0 Å². The SMILES string of the molecule is Cc1cnc2sc([N+](=O)[O-])nc2c1. The van der Waals surface area contributed by atoms with Gasteiger partial charge in [0.2, 0.25) is 5.52 Å². The number of aryl methyl sites for hydroxylation is 1. The van der Waals surface area contributed by atoms with Gasteiger partial charge in [-0.1, -0.05) is 0 Å². The molecular weight excluding hydrogens is 190 g/mol. The minimum absolute atomic E-state index is 0.104. The number of aromatic nitrogens is 2. The summed E-state index contributed by atoms with van der Waals surface area (Å²) in [6, 6.07) is 1.78. The van der Waals surface area contributed by atoms with Gasteiger partial charge in [-0.15, -0.1) is 0 Å². The van der Waals surface area contributed by atoms with E-state index < -0.39 is 4.92 Å². The molecule has 5 nitrogen and oxygen atoms in total. The van der Waals surface area contributed by atoms with Crippen molar-refractivity contribution in [3.05, 3.63) is 27.9 Å². The molecule has 0 aliphatic rings. The zero-order chi connectivity index (χ0) is 9.42. The van der Waals surface area contributed by atoms with Gasteiger partial charge < -0.3 is 10.1 Å². The number of hydrogen-bond donors (Lipinski definition) is 0. The highest BCUT2D eigenvalue weighted by Crippen LogP contribution is 2.25. The van der Waals surface area contributed by atoms with Crippen LogP contribution in [0.2, 0.25) is 0 Å².